The van der Waals surface area contributed by atoms with Crippen molar-refractivity contribution in [2.45, 2.75) is 26.8 Å². The molecule has 1 N–H and O–H groups in total. The Hall–Kier alpha value is 0.0700. The lowest BCUT2D eigenvalue weighted by Gasteiger charge is -2.24. The van der Waals surface area contributed by atoms with Crippen molar-refractivity contribution in [2.75, 3.05) is 26.2 Å². The minimum Gasteiger partial charge on any atom is -0.386 e. The van der Waals surface area contributed by atoms with Gasteiger partial charge in [0.15, 0.2) is 0 Å². The first kappa shape index (κ1) is 14.1. The number of hydrogen-bond donors (Lipinski definition) is 1. The third-order valence-electron chi connectivity index (χ3n) is 1.48. The molecule has 0 bridgehead atoms. The number of ether oxygens (including phenoxy) is 2. The molecule has 0 radical (unpaired) electrons. The first-order chi connectivity index (χ1) is 6.64. The Balaban J connectivity index is 4.46. The maximum atomic E-state index is 11.9. The van der Waals surface area contributed by atoms with Crippen molar-refractivity contribution in [1.29, 1.82) is 0 Å². The molecule has 86 valence electrons. The van der Waals surface area contributed by atoms with Crippen LogP contribution in [0.1, 0.15) is 20.8 Å². The highest BCUT2D eigenvalue weighted by Gasteiger charge is 2.34. The molecule has 0 aliphatic rings. The molecule has 0 fully saturated rings. The molecule has 5 nitrogen and oxygen atoms in total. The van der Waals surface area contributed by atoms with Crippen LogP contribution < -0.4 is 0 Å². The molecule has 0 aliphatic heterocycles. The highest BCUT2D eigenvalue weighted by atomic mass is 31.2. The van der Waals surface area contributed by atoms with Crippen LogP contribution in [0.2, 0.25) is 0 Å². The van der Waals surface area contributed by atoms with Crippen LogP contribution in [0, 0.1) is 0 Å². The van der Waals surface area contributed by atoms with E-state index >= 15 is 0 Å². The van der Waals surface area contributed by atoms with Crippen LogP contribution in [-0.4, -0.2) is 37.3 Å². The molecule has 0 aromatic heterocycles. The third-order valence-corrected chi connectivity index (χ3v) is 3.51. The molecule has 0 heterocycles. The molecular formula is C8H19O5P. The van der Waals surface area contributed by atoms with Crippen molar-refractivity contribution >= 4 is 7.37 Å². The summed E-state index contributed by atoms with van der Waals surface area (Å²) in [4.78, 5) is 0. The summed E-state index contributed by atoms with van der Waals surface area (Å²) in [6.45, 7) is 6.22. The average molecular weight is 226 g/mol. The molecule has 6 heteroatoms. The van der Waals surface area contributed by atoms with Gasteiger partial charge in [-0.3, -0.25) is 4.57 Å². The van der Waals surface area contributed by atoms with Gasteiger partial charge in [-0.1, -0.05) is 0 Å². The fourth-order valence-electron chi connectivity index (χ4n) is 0.947. The second-order valence-electron chi connectivity index (χ2n) is 2.50. The van der Waals surface area contributed by atoms with Crippen LogP contribution in [0.15, 0.2) is 0 Å². The number of aliphatic hydroxyl groups excluding tert-OH is 1. The Morgan fingerprint density at radius 3 is 1.93 bits per heavy atom. The summed E-state index contributed by atoms with van der Waals surface area (Å²) in [6.07, 6.45) is -0.564. The third kappa shape index (κ3) is 4.07. The van der Waals surface area contributed by atoms with Crippen molar-refractivity contribution in [1.82, 2.24) is 0 Å². The largest absolute Gasteiger partial charge is 0.386 e. The lowest BCUT2D eigenvalue weighted by molar-refractivity contribution is -0.0902. The fraction of sp³-hybridized carbons (Fsp3) is 1.00. The lowest BCUT2D eigenvalue weighted by atomic mass is 10.9. The lowest BCUT2D eigenvalue weighted by Crippen LogP contribution is -2.21. The standard InChI is InChI=1S/C8H19O5P/c1-4-11-8(12-5-2)14(10,7-9)13-6-3/h8-9H,4-7H2,1-3H3. The molecule has 0 aliphatic carbocycles. The first-order valence-electron chi connectivity index (χ1n) is 4.71. The summed E-state index contributed by atoms with van der Waals surface area (Å²) < 4.78 is 27.2. The van der Waals surface area contributed by atoms with E-state index in [2.05, 4.69) is 0 Å². The summed E-state index contributed by atoms with van der Waals surface area (Å²) in [5.74, 6) is 0. The van der Waals surface area contributed by atoms with E-state index in [1.807, 2.05) is 0 Å². The Morgan fingerprint density at radius 1 is 1.14 bits per heavy atom. The Bertz CT molecular complexity index is 179. The molecule has 1 unspecified atom stereocenters. The predicted molar refractivity (Wildman–Crippen MR) is 53.4 cm³/mol. The van der Waals surface area contributed by atoms with Crippen molar-refractivity contribution in [2.24, 2.45) is 0 Å². The zero-order valence-electron chi connectivity index (χ0n) is 8.93. The van der Waals surface area contributed by atoms with E-state index in [4.69, 9.17) is 19.1 Å². The van der Waals surface area contributed by atoms with Gasteiger partial charge in [0.05, 0.1) is 6.61 Å². The average Bonchev–Trinajstić information content (AvgIpc) is 2.18. The molecule has 0 aromatic carbocycles. The van der Waals surface area contributed by atoms with Gasteiger partial charge in [0.2, 0.25) is 6.03 Å². The van der Waals surface area contributed by atoms with Crippen LogP contribution >= 0.6 is 7.37 Å². The van der Waals surface area contributed by atoms with E-state index in [1.165, 1.54) is 0 Å². The van der Waals surface area contributed by atoms with E-state index in [1.54, 1.807) is 20.8 Å². The minimum atomic E-state index is -3.23. The highest BCUT2D eigenvalue weighted by molar-refractivity contribution is 7.59. The molecule has 0 aromatic rings. The molecular weight excluding hydrogens is 207 g/mol. The zero-order chi connectivity index (χ0) is 11.0. The van der Waals surface area contributed by atoms with Crippen LogP contribution in [0.5, 0.6) is 0 Å². The second kappa shape index (κ2) is 7.37. The van der Waals surface area contributed by atoms with Gasteiger partial charge < -0.3 is 19.1 Å². The monoisotopic (exact) mass is 226 g/mol. The Morgan fingerprint density at radius 2 is 1.64 bits per heavy atom. The van der Waals surface area contributed by atoms with Crippen LogP contribution in [-0.2, 0) is 18.6 Å². The van der Waals surface area contributed by atoms with E-state index in [-0.39, 0.29) is 6.61 Å². The number of aliphatic hydroxyl groups is 1. The van der Waals surface area contributed by atoms with Gasteiger partial charge in [-0.05, 0) is 20.8 Å². The van der Waals surface area contributed by atoms with Gasteiger partial charge >= 0.3 is 0 Å². The van der Waals surface area contributed by atoms with Crippen molar-refractivity contribution in [3.63, 3.8) is 0 Å². The normalized spacial score (nSPS) is 15.8. The van der Waals surface area contributed by atoms with E-state index in [9.17, 15) is 4.57 Å². The second-order valence-corrected chi connectivity index (χ2v) is 4.92. The zero-order valence-corrected chi connectivity index (χ0v) is 9.83. The van der Waals surface area contributed by atoms with Gasteiger partial charge in [-0.25, -0.2) is 0 Å². The predicted octanol–water partition coefficient (Wildman–Crippen LogP) is 1.61. The molecule has 0 saturated carbocycles. The van der Waals surface area contributed by atoms with Crippen LogP contribution in [0.4, 0.5) is 0 Å². The van der Waals surface area contributed by atoms with Gasteiger partial charge in [0, 0.05) is 13.2 Å². The molecule has 1 atom stereocenters. The van der Waals surface area contributed by atoms with Crippen molar-refractivity contribution in [3.8, 4) is 0 Å². The Kier molecular flexibility index (Phi) is 7.41. The molecule has 14 heavy (non-hydrogen) atoms. The number of hydrogen-bond acceptors (Lipinski definition) is 5. The number of rotatable bonds is 8. The van der Waals surface area contributed by atoms with Crippen molar-refractivity contribution in [3.05, 3.63) is 0 Å². The van der Waals surface area contributed by atoms with Gasteiger partial charge in [-0.2, -0.15) is 0 Å². The highest BCUT2D eigenvalue weighted by Crippen LogP contribution is 2.51. The van der Waals surface area contributed by atoms with Gasteiger partial charge in [0.25, 0.3) is 7.37 Å². The summed E-state index contributed by atoms with van der Waals surface area (Å²) in [5.41, 5.74) is 0. The van der Waals surface area contributed by atoms with E-state index in [0.717, 1.165) is 0 Å². The minimum absolute atomic E-state index is 0.258. The summed E-state index contributed by atoms with van der Waals surface area (Å²) in [6, 6.07) is -0.956. The van der Waals surface area contributed by atoms with Crippen LogP contribution in [0.3, 0.4) is 0 Å². The first-order valence-corrected chi connectivity index (χ1v) is 6.59. The molecule has 0 rings (SSSR count). The summed E-state index contributed by atoms with van der Waals surface area (Å²) in [7, 11) is -3.23. The smallest absolute Gasteiger partial charge is 0.282 e. The Labute approximate surface area is 84.8 Å². The van der Waals surface area contributed by atoms with E-state index < -0.39 is 19.7 Å². The molecule has 0 saturated heterocycles. The molecule has 0 spiro atoms. The van der Waals surface area contributed by atoms with Crippen LogP contribution in [0.25, 0.3) is 0 Å². The fourth-order valence-corrected chi connectivity index (χ4v) is 2.47. The van der Waals surface area contributed by atoms with Gasteiger partial charge in [0.1, 0.15) is 6.35 Å². The van der Waals surface area contributed by atoms with Crippen molar-refractivity contribution < 1.29 is 23.7 Å². The molecule has 0 amide bonds. The SMILES string of the molecule is CCOC(OCC)P(=O)(CO)OCC. The van der Waals surface area contributed by atoms with E-state index in [0.29, 0.717) is 13.2 Å². The quantitative estimate of drug-likeness (QED) is 0.503. The topological polar surface area (TPSA) is 65.0 Å². The maximum Gasteiger partial charge on any atom is 0.282 e. The van der Waals surface area contributed by atoms with Gasteiger partial charge in [-0.15, -0.1) is 0 Å². The maximum absolute atomic E-state index is 11.9. The summed E-state index contributed by atoms with van der Waals surface area (Å²) in [5, 5.41) is 8.99. The summed E-state index contributed by atoms with van der Waals surface area (Å²) >= 11 is 0.